The fraction of sp³-hybridized carbons (Fsp3) is 0.692. The molecule has 1 aromatic rings. The average Bonchev–Trinajstić information content (AvgIpc) is 2.67. The molecule has 2 N–H and O–H groups in total. The summed E-state index contributed by atoms with van der Waals surface area (Å²) >= 11 is 6.20. The van der Waals surface area contributed by atoms with E-state index in [2.05, 4.69) is 4.98 Å². The molecule has 0 bridgehead atoms. The van der Waals surface area contributed by atoms with Crippen LogP contribution in [0, 0.1) is 39.8 Å². The first kappa shape index (κ1) is 29.0. The molecule has 0 saturated carbocycles. The molecule has 2 rings (SSSR count). The van der Waals surface area contributed by atoms with Gasteiger partial charge in [-0.15, -0.1) is 0 Å². The molecule has 4 atom stereocenters. The van der Waals surface area contributed by atoms with Gasteiger partial charge >= 0.3 is 12.1 Å². The SMILES string of the molecule is CC(C)C(=O)c1cc(Cl)nc(C[C@@]2(C(=O)O)C(C(C)(C)C)CN(C(=O)O)[C@H](C)C2C(C)(C)C)c1F. The molecule has 1 aromatic heterocycles. The Kier molecular flexibility index (Phi) is 8.02. The summed E-state index contributed by atoms with van der Waals surface area (Å²) in [6.45, 7) is 16.1. The smallest absolute Gasteiger partial charge is 0.407 e. The lowest BCUT2D eigenvalue weighted by Crippen LogP contribution is -2.68. The van der Waals surface area contributed by atoms with Gasteiger partial charge in [-0.25, -0.2) is 14.2 Å². The number of Topliss-reactive ketones (excluding diaryl/α,β-unsaturated/α-hetero) is 1. The van der Waals surface area contributed by atoms with Crippen LogP contribution >= 0.6 is 11.6 Å². The van der Waals surface area contributed by atoms with Crippen LogP contribution in [-0.2, 0) is 11.2 Å². The summed E-state index contributed by atoms with van der Waals surface area (Å²) < 4.78 is 15.8. The number of pyridine rings is 1. The molecule has 35 heavy (non-hydrogen) atoms. The molecule has 1 aliphatic heterocycles. The topological polar surface area (TPSA) is 108 Å². The maximum Gasteiger partial charge on any atom is 0.407 e. The van der Waals surface area contributed by atoms with Gasteiger partial charge < -0.3 is 15.1 Å². The third-order valence-electron chi connectivity index (χ3n) is 7.40. The number of nitrogens with zero attached hydrogens (tertiary/aromatic N) is 2. The van der Waals surface area contributed by atoms with Gasteiger partial charge in [0.05, 0.1) is 16.7 Å². The number of halogens is 2. The predicted molar refractivity (Wildman–Crippen MR) is 132 cm³/mol. The van der Waals surface area contributed by atoms with Crippen LogP contribution < -0.4 is 0 Å². The van der Waals surface area contributed by atoms with Crippen molar-refractivity contribution in [2.75, 3.05) is 6.54 Å². The standard InChI is InChI=1S/C26H38ClFN2O5/c1-13(2)20(31)15-10-18(27)29-16(19(15)28)11-26(22(32)33)17(24(4,5)6)12-30(23(34)35)14(3)21(26)25(7,8)9/h10,13-14,17,21H,11-12H2,1-9H3,(H,32,33)(H,34,35)/t14-,17?,21?,26-/m1/s1. The number of carbonyl (C=O) groups is 3. The highest BCUT2D eigenvalue weighted by molar-refractivity contribution is 6.29. The van der Waals surface area contributed by atoms with Crippen molar-refractivity contribution < 1.29 is 29.0 Å². The van der Waals surface area contributed by atoms with Gasteiger partial charge in [0.15, 0.2) is 11.6 Å². The summed E-state index contributed by atoms with van der Waals surface area (Å²) in [6, 6.07) is 0.509. The highest BCUT2D eigenvalue weighted by Crippen LogP contribution is 2.58. The highest BCUT2D eigenvalue weighted by atomic mass is 35.5. The van der Waals surface area contributed by atoms with Crippen molar-refractivity contribution in [2.24, 2.45) is 34.0 Å². The Labute approximate surface area is 212 Å². The number of hydrogen-bond acceptors (Lipinski definition) is 4. The molecular weight excluding hydrogens is 475 g/mol. The number of aromatic nitrogens is 1. The van der Waals surface area contributed by atoms with Crippen molar-refractivity contribution in [2.45, 2.75) is 74.8 Å². The van der Waals surface area contributed by atoms with E-state index < -0.39 is 63.7 Å². The van der Waals surface area contributed by atoms with Crippen LogP contribution in [0.5, 0.6) is 0 Å². The number of rotatable bonds is 5. The Hall–Kier alpha value is -2.22. The molecule has 196 valence electrons. The van der Waals surface area contributed by atoms with Crippen LogP contribution in [0.25, 0.3) is 0 Å². The Morgan fingerprint density at radius 1 is 1.17 bits per heavy atom. The molecular formula is C26H38ClFN2O5. The quantitative estimate of drug-likeness (QED) is 0.368. The van der Waals surface area contributed by atoms with Crippen LogP contribution in [0.1, 0.15) is 78.4 Å². The lowest BCUT2D eigenvalue weighted by molar-refractivity contribution is -0.184. The number of hydrogen-bond donors (Lipinski definition) is 2. The Bertz CT molecular complexity index is 1010. The van der Waals surface area contributed by atoms with E-state index in [0.717, 1.165) is 0 Å². The van der Waals surface area contributed by atoms with Crippen molar-refractivity contribution in [3.05, 3.63) is 28.3 Å². The van der Waals surface area contributed by atoms with Gasteiger partial charge in [0.1, 0.15) is 5.15 Å². The Morgan fingerprint density at radius 3 is 2.11 bits per heavy atom. The van der Waals surface area contributed by atoms with E-state index in [9.17, 15) is 24.6 Å². The lowest BCUT2D eigenvalue weighted by Gasteiger charge is -2.60. The van der Waals surface area contributed by atoms with E-state index in [1.807, 2.05) is 41.5 Å². The normalized spacial score (nSPS) is 25.6. The van der Waals surface area contributed by atoms with Gasteiger partial charge in [0.2, 0.25) is 0 Å². The summed E-state index contributed by atoms with van der Waals surface area (Å²) in [5.41, 5.74) is -3.31. The van der Waals surface area contributed by atoms with Gasteiger partial charge in [0.25, 0.3) is 0 Å². The second-order valence-corrected chi connectivity index (χ2v) is 12.6. The number of carboxylic acid groups (broad SMARTS) is 2. The summed E-state index contributed by atoms with van der Waals surface area (Å²) in [5, 5.41) is 20.7. The maximum absolute atomic E-state index is 15.8. The van der Waals surface area contributed by atoms with Crippen molar-refractivity contribution in [1.29, 1.82) is 0 Å². The van der Waals surface area contributed by atoms with Gasteiger partial charge in [-0.05, 0) is 29.7 Å². The lowest BCUT2D eigenvalue weighted by atomic mass is 9.48. The highest BCUT2D eigenvalue weighted by Gasteiger charge is 2.64. The van der Waals surface area contributed by atoms with Crippen LogP contribution in [0.3, 0.4) is 0 Å². The molecule has 1 saturated heterocycles. The van der Waals surface area contributed by atoms with Gasteiger partial charge in [0, 0.05) is 30.8 Å². The molecule has 0 aliphatic carbocycles. The van der Waals surface area contributed by atoms with Gasteiger partial charge in [-0.2, -0.15) is 0 Å². The zero-order chi connectivity index (χ0) is 27.3. The molecule has 1 amide bonds. The third kappa shape index (κ3) is 5.32. The van der Waals surface area contributed by atoms with E-state index in [1.54, 1.807) is 20.8 Å². The number of amides is 1. The van der Waals surface area contributed by atoms with Gasteiger partial charge in [-0.3, -0.25) is 9.59 Å². The first-order chi connectivity index (χ1) is 15.8. The molecule has 0 spiro atoms. The van der Waals surface area contributed by atoms with Gasteiger partial charge in [-0.1, -0.05) is 67.0 Å². The third-order valence-corrected chi connectivity index (χ3v) is 7.59. The summed E-state index contributed by atoms with van der Waals surface area (Å²) in [5.74, 6) is -4.35. The summed E-state index contributed by atoms with van der Waals surface area (Å²) in [6.07, 6.45) is -1.45. The fourth-order valence-corrected chi connectivity index (χ4v) is 6.38. The number of aliphatic carboxylic acids is 1. The zero-order valence-electron chi connectivity index (χ0n) is 22.1. The zero-order valence-corrected chi connectivity index (χ0v) is 22.8. The van der Waals surface area contributed by atoms with E-state index in [-0.39, 0.29) is 29.4 Å². The van der Waals surface area contributed by atoms with Crippen molar-refractivity contribution >= 4 is 29.4 Å². The minimum Gasteiger partial charge on any atom is -0.481 e. The Balaban J connectivity index is 2.91. The second-order valence-electron chi connectivity index (χ2n) is 12.2. The molecule has 0 radical (unpaired) electrons. The first-order valence-corrected chi connectivity index (χ1v) is 12.3. The van der Waals surface area contributed by atoms with Crippen molar-refractivity contribution in [1.82, 2.24) is 9.88 Å². The minimum absolute atomic E-state index is 0.0289. The minimum atomic E-state index is -1.58. The summed E-state index contributed by atoms with van der Waals surface area (Å²) in [7, 11) is 0. The fourth-order valence-electron chi connectivity index (χ4n) is 6.17. The van der Waals surface area contributed by atoms with E-state index in [1.165, 1.54) is 11.0 Å². The van der Waals surface area contributed by atoms with Crippen LogP contribution in [0.15, 0.2) is 6.07 Å². The first-order valence-electron chi connectivity index (χ1n) is 11.9. The molecule has 1 fully saturated rings. The average molecular weight is 513 g/mol. The number of ketones is 1. The molecule has 0 aromatic carbocycles. The Morgan fingerprint density at radius 2 is 1.71 bits per heavy atom. The molecule has 2 heterocycles. The van der Waals surface area contributed by atoms with E-state index in [0.29, 0.717) is 0 Å². The largest absolute Gasteiger partial charge is 0.481 e. The number of carboxylic acids is 1. The molecule has 1 aliphatic rings. The van der Waals surface area contributed by atoms with E-state index >= 15 is 4.39 Å². The summed E-state index contributed by atoms with van der Waals surface area (Å²) in [4.78, 5) is 43.6. The van der Waals surface area contributed by atoms with Crippen LogP contribution in [0.2, 0.25) is 5.15 Å². The molecule has 9 heteroatoms. The van der Waals surface area contributed by atoms with Crippen LogP contribution in [-0.4, -0.2) is 50.5 Å². The number of piperidine rings is 1. The number of carbonyl (C=O) groups excluding carboxylic acids is 1. The number of likely N-dealkylation sites (tertiary alicyclic amines) is 1. The molecule has 2 unspecified atom stereocenters. The predicted octanol–water partition coefficient (Wildman–Crippen LogP) is 6.03. The van der Waals surface area contributed by atoms with Crippen LogP contribution in [0.4, 0.5) is 9.18 Å². The molecule has 7 nitrogen and oxygen atoms in total. The second kappa shape index (κ2) is 9.68. The maximum atomic E-state index is 15.8. The van der Waals surface area contributed by atoms with Crippen molar-refractivity contribution in [3.8, 4) is 0 Å². The van der Waals surface area contributed by atoms with Crippen molar-refractivity contribution in [3.63, 3.8) is 0 Å². The monoisotopic (exact) mass is 512 g/mol. The van der Waals surface area contributed by atoms with E-state index in [4.69, 9.17) is 11.6 Å².